The maximum Gasteiger partial charge on any atom is 0.303 e. The molecular formula is C24H38N6O6. The van der Waals surface area contributed by atoms with E-state index in [0.717, 1.165) is 5.56 Å². The van der Waals surface area contributed by atoms with Gasteiger partial charge in [0.1, 0.15) is 12.1 Å². The van der Waals surface area contributed by atoms with Crippen molar-refractivity contribution in [3.05, 3.63) is 35.9 Å². The van der Waals surface area contributed by atoms with Gasteiger partial charge in [-0.2, -0.15) is 0 Å². The van der Waals surface area contributed by atoms with Crippen LogP contribution in [-0.2, 0) is 30.4 Å². The van der Waals surface area contributed by atoms with Crippen LogP contribution in [-0.4, -0.2) is 73.0 Å². The minimum atomic E-state index is -0.922. The fraction of sp³-hybridized carbons (Fsp3) is 0.542. The zero-order chi connectivity index (χ0) is 26.8. The quantitative estimate of drug-likeness (QED) is 0.120. The molecule has 12 heteroatoms. The first kappa shape index (κ1) is 30.5. The number of benzene rings is 1. The maximum atomic E-state index is 12.7. The molecule has 0 unspecified atom stereocenters. The van der Waals surface area contributed by atoms with E-state index >= 15 is 0 Å². The van der Waals surface area contributed by atoms with E-state index in [4.69, 9.17) is 16.6 Å². The standard InChI is InChI=1S/C24H38N6O6/c25-12-7-10-18(23(35)27-13-6-2-5-11-22(33)34)29-21(32)16-28-24(36)19(30-20(31)15-26)14-17-8-3-1-4-9-17/h1,3-4,8-9,18-19H,2,5-7,10-16,25-26H2,(H,27,35)(H,28,36)(H,29,32)(H,30,31)(H,33,34)/t18-,19-/m1/s1. The fourth-order valence-corrected chi connectivity index (χ4v) is 3.35. The van der Waals surface area contributed by atoms with Crippen LogP contribution < -0.4 is 32.7 Å². The van der Waals surface area contributed by atoms with Gasteiger partial charge in [0.2, 0.25) is 23.6 Å². The number of aliphatic carboxylic acids is 1. The predicted octanol–water partition coefficient (Wildman–Crippen LogP) is -1.23. The van der Waals surface area contributed by atoms with Crippen molar-refractivity contribution >= 4 is 29.6 Å². The molecule has 0 radical (unpaired) electrons. The number of carbonyl (C=O) groups excluding carboxylic acids is 4. The van der Waals surface area contributed by atoms with Crippen LogP contribution in [0.1, 0.15) is 44.1 Å². The summed E-state index contributed by atoms with van der Waals surface area (Å²) in [6.07, 6.45) is 2.92. The van der Waals surface area contributed by atoms with Crippen molar-refractivity contribution in [2.24, 2.45) is 11.5 Å². The second-order valence-electron chi connectivity index (χ2n) is 8.28. The van der Waals surface area contributed by atoms with Crippen LogP contribution >= 0.6 is 0 Å². The lowest BCUT2D eigenvalue weighted by Gasteiger charge is -2.20. The lowest BCUT2D eigenvalue weighted by Crippen LogP contribution is -2.53. The molecule has 1 aromatic rings. The van der Waals surface area contributed by atoms with Crippen LogP contribution in [0.25, 0.3) is 0 Å². The molecule has 0 aliphatic heterocycles. The number of hydrogen-bond donors (Lipinski definition) is 7. The smallest absolute Gasteiger partial charge is 0.303 e. The number of nitrogens with two attached hydrogens (primary N) is 2. The van der Waals surface area contributed by atoms with Gasteiger partial charge in [0, 0.05) is 19.4 Å². The first-order chi connectivity index (χ1) is 17.3. The Hall–Kier alpha value is -3.51. The van der Waals surface area contributed by atoms with Gasteiger partial charge in [-0.1, -0.05) is 36.8 Å². The molecule has 0 heterocycles. The second-order valence-corrected chi connectivity index (χ2v) is 8.28. The summed E-state index contributed by atoms with van der Waals surface area (Å²) in [4.78, 5) is 60.0. The Kier molecular flexibility index (Phi) is 15.1. The summed E-state index contributed by atoms with van der Waals surface area (Å²) in [6.45, 7) is 0.0283. The van der Waals surface area contributed by atoms with Gasteiger partial charge < -0.3 is 37.8 Å². The number of nitrogens with one attached hydrogen (secondary N) is 4. The Morgan fingerprint density at radius 1 is 0.806 bits per heavy atom. The summed E-state index contributed by atoms with van der Waals surface area (Å²) in [5, 5.41) is 19.0. The molecule has 12 nitrogen and oxygen atoms in total. The van der Waals surface area contributed by atoms with Crippen LogP contribution in [0.15, 0.2) is 30.3 Å². The molecule has 2 atom stereocenters. The second kappa shape index (κ2) is 17.9. The van der Waals surface area contributed by atoms with Gasteiger partial charge in [-0.25, -0.2) is 0 Å². The number of rotatable bonds is 18. The molecule has 0 saturated carbocycles. The van der Waals surface area contributed by atoms with Gasteiger partial charge >= 0.3 is 5.97 Å². The van der Waals surface area contributed by atoms with E-state index in [1.165, 1.54) is 0 Å². The number of carboxylic acid groups (broad SMARTS) is 1. The van der Waals surface area contributed by atoms with Gasteiger partial charge in [-0.15, -0.1) is 0 Å². The molecule has 0 aliphatic carbocycles. The number of amides is 4. The van der Waals surface area contributed by atoms with Crippen LogP contribution in [0.5, 0.6) is 0 Å². The predicted molar refractivity (Wildman–Crippen MR) is 133 cm³/mol. The highest BCUT2D eigenvalue weighted by Crippen LogP contribution is 2.04. The van der Waals surface area contributed by atoms with Crippen LogP contribution in [0.4, 0.5) is 0 Å². The summed E-state index contributed by atoms with van der Waals surface area (Å²) in [5.74, 6) is -2.86. The van der Waals surface area contributed by atoms with Gasteiger partial charge in [-0.05, 0) is 37.8 Å². The van der Waals surface area contributed by atoms with Crippen molar-refractivity contribution in [3.8, 4) is 0 Å². The number of hydrogen-bond acceptors (Lipinski definition) is 7. The molecule has 0 aromatic heterocycles. The molecule has 36 heavy (non-hydrogen) atoms. The lowest BCUT2D eigenvalue weighted by atomic mass is 10.1. The minimum absolute atomic E-state index is 0.0803. The average Bonchev–Trinajstić information content (AvgIpc) is 2.86. The van der Waals surface area contributed by atoms with E-state index < -0.39 is 35.8 Å². The third-order valence-electron chi connectivity index (χ3n) is 5.26. The third kappa shape index (κ3) is 13.4. The molecule has 0 saturated heterocycles. The molecular weight excluding hydrogens is 468 g/mol. The van der Waals surface area contributed by atoms with Crippen molar-refractivity contribution in [3.63, 3.8) is 0 Å². The summed E-state index contributed by atoms with van der Waals surface area (Å²) < 4.78 is 0. The summed E-state index contributed by atoms with van der Waals surface area (Å²) in [6, 6.07) is 7.33. The zero-order valence-electron chi connectivity index (χ0n) is 20.5. The van der Waals surface area contributed by atoms with E-state index in [2.05, 4.69) is 21.3 Å². The molecule has 0 spiro atoms. The minimum Gasteiger partial charge on any atom is -0.481 e. The van der Waals surface area contributed by atoms with Gasteiger partial charge in [0.15, 0.2) is 0 Å². The Balaban J connectivity index is 2.59. The fourth-order valence-electron chi connectivity index (χ4n) is 3.35. The highest BCUT2D eigenvalue weighted by atomic mass is 16.4. The van der Waals surface area contributed by atoms with E-state index in [1.54, 1.807) is 0 Å². The van der Waals surface area contributed by atoms with Crippen molar-refractivity contribution in [1.82, 2.24) is 21.3 Å². The maximum absolute atomic E-state index is 12.7. The van der Waals surface area contributed by atoms with E-state index in [0.29, 0.717) is 45.2 Å². The molecule has 1 aromatic carbocycles. The average molecular weight is 507 g/mol. The SMILES string of the molecule is NCCC[C@@H](NC(=O)CNC(=O)[C@@H](Cc1ccccc1)NC(=O)CN)C(=O)NCCCCCC(=O)O. The number of unbranched alkanes of at least 4 members (excludes halogenated alkanes) is 2. The van der Waals surface area contributed by atoms with E-state index in [-0.39, 0.29) is 31.8 Å². The van der Waals surface area contributed by atoms with E-state index in [9.17, 15) is 24.0 Å². The summed E-state index contributed by atoms with van der Waals surface area (Å²) in [7, 11) is 0. The molecule has 200 valence electrons. The van der Waals surface area contributed by atoms with Crippen LogP contribution in [0.3, 0.4) is 0 Å². The first-order valence-corrected chi connectivity index (χ1v) is 12.1. The molecule has 0 bridgehead atoms. The summed E-state index contributed by atoms with van der Waals surface area (Å²) >= 11 is 0. The molecule has 0 fully saturated rings. The highest BCUT2D eigenvalue weighted by Gasteiger charge is 2.23. The van der Waals surface area contributed by atoms with Crippen LogP contribution in [0, 0.1) is 0 Å². The molecule has 4 amide bonds. The Labute approximate surface area is 210 Å². The Bertz CT molecular complexity index is 851. The van der Waals surface area contributed by atoms with Crippen molar-refractivity contribution < 1.29 is 29.1 Å². The topological polar surface area (TPSA) is 206 Å². The Morgan fingerprint density at radius 3 is 2.11 bits per heavy atom. The normalized spacial score (nSPS) is 12.2. The van der Waals surface area contributed by atoms with Crippen molar-refractivity contribution in [2.45, 2.75) is 57.0 Å². The van der Waals surface area contributed by atoms with Crippen molar-refractivity contribution in [1.29, 1.82) is 0 Å². The molecule has 9 N–H and O–H groups in total. The first-order valence-electron chi connectivity index (χ1n) is 12.1. The monoisotopic (exact) mass is 506 g/mol. The number of carboxylic acids is 1. The highest BCUT2D eigenvalue weighted by molar-refractivity contribution is 5.92. The van der Waals surface area contributed by atoms with Gasteiger partial charge in [0.05, 0.1) is 13.1 Å². The van der Waals surface area contributed by atoms with Crippen molar-refractivity contribution in [2.75, 3.05) is 26.2 Å². The van der Waals surface area contributed by atoms with Gasteiger partial charge in [-0.3, -0.25) is 24.0 Å². The van der Waals surface area contributed by atoms with Gasteiger partial charge in [0.25, 0.3) is 0 Å². The molecule has 1 rings (SSSR count). The lowest BCUT2D eigenvalue weighted by molar-refractivity contribution is -0.137. The van der Waals surface area contributed by atoms with Crippen LogP contribution in [0.2, 0.25) is 0 Å². The Morgan fingerprint density at radius 2 is 1.47 bits per heavy atom. The zero-order valence-corrected chi connectivity index (χ0v) is 20.5. The molecule has 0 aliphatic rings. The third-order valence-corrected chi connectivity index (χ3v) is 5.26. The number of carbonyl (C=O) groups is 5. The summed E-state index contributed by atoms with van der Waals surface area (Å²) in [5.41, 5.74) is 11.7. The van der Waals surface area contributed by atoms with E-state index in [1.807, 2.05) is 30.3 Å². The largest absolute Gasteiger partial charge is 0.481 e.